The van der Waals surface area contributed by atoms with Crippen LogP contribution in [0.25, 0.3) is 0 Å². The van der Waals surface area contributed by atoms with Crippen molar-refractivity contribution in [3.05, 3.63) is 0 Å². The Hall–Kier alpha value is 1.69. The van der Waals surface area contributed by atoms with Gasteiger partial charge in [0.05, 0.1) is 0 Å². The van der Waals surface area contributed by atoms with Crippen LogP contribution in [0.2, 0.25) is 0 Å². The summed E-state index contributed by atoms with van der Waals surface area (Å²) in [5, 5.41) is 0. The van der Waals surface area contributed by atoms with Crippen LogP contribution in [-0.2, 0) is 13.3 Å². The zero-order valence-electron chi connectivity index (χ0n) is 6.13. The second-order valence-electron chi connectivity index (χ2n) is 1.11. The molecule has 4 nitrogen and oxygen atoms in total. The van der Waals surface area contributed by atoms with Crippen LogP contribution in [0.1, 0.15) is 0 Å². The fourth-order valence-corrected chi connectivity index (χ4v) is 0.750. The van der Waals surface area contributed by atoms with Crippen molar-refractivity contribution in [2.45, 2.75) is 0 Å². The molecule has 0 aliphatic heterocycles. The van der Waals surface area contributed by atoms with Gasteiger partial charge in [0.15, 0.2) is 0 Å². The van der Waals surface area contributed by atoms with Gasteiger partial charge in [0.2, 0.25) is 0 Å². The molecule has 0 amide bonds. The van der Waals surface area contributed by atoms with Crippen molar-refractivity contribution in [3.8, 4) is 0 Å². The maximum absolute atomic E-state index is 10.7. The molecule has 0 fully saturated rings. The molecule has 0 saturated heterocycles. The minimum absolute atomic E-state index is 0. The van der Waals surface area contributed by atoms with Gasteiger partial charge >= 0.3 is 60.4 Å². The quantitative estimate of drug-likeness (QED) is 0.409. The van der Waals surface area contributed by atoms with Crippen molar-refractivity contribution in [1.29, 1.82) is 0 Å². The number of hydrogen-bond donors (Lipinski definition) is 0. The molecule has 0 rings (SSSR count). The minimum Gasteiger partial charge on any atom is -0.793 e. The first-order chi connectivity index (χ1) is 3.68. The van der Waals surface area contributed by atoms with Gasteiger partial charge in [0, 0.05) is 21.3 Å². The van der Waals surface area contributed by atoms with E-state index in [0.29, 0.717) is 0 Å². The van der Waals surface area contributed by atoms with Crippen LogP contribution in [-0.4, -0.2) is 30.4 Å². The van der Waals surface area contributed by atoms with E-state index < -0.39 is 9.05 Å². The zero-order valence-corrected chi connectivity index (χ0v) is 10.3. The number of hydrogen-bond acceptors (Lipinski definition) is 4. The minimum atomic E-state index is -3.42. The summed E-state index contributed by atoms with van der Waals surface area (Å²) >= 11 is 0. The van der Waals surface area contributed by atoms with Crippen LogP contribution >= 0.6 is 0 Å². The van der Waals surface area contributed by atoms with Crippen molar-refractivity contribution in [1.82, 2.24) is 0 Å². The van der Waals surface area contributed by atoms with Crippen LogP contribution in [0.4, 0.5) is 0 Å². The summed E-state index contributed by atoms with van der Waals surface area (Å²) in [5.74, 6) is 0. The molecule has 0 atom stereocenters. The molecule has 0 saturated carbocycles. The van der Waals surface area contributed by atoms with Crippen molar-refractivity contribution in [3.63, 3.8) is 0 Å². The predicted octanol–water partition coefficient (Wildman–Crippen LogP) is -4.27. The standard InChI is InChI=1S/C3H9O4Si.K/c1-5-8(4,6-2)7-3;/h1-3H3;/q-1;+1. The van der Waals surface area contributed by atoms with Crippen molar-refractivity contribution < 1.29 is 69.5 Å². The molecule has 0 bridgehead atoms. The van der Waals surface area contributed by atoms with Gasteiger partial charge in [0.1, 0.15) is 0 Å². The molecule has 9 heavy (non-hydrogen) atoms. The third-order valence-electron chi connectivity index (χ3n) is 0.750. The molecule has 0 aliphatic rings. The molecule has 0 N–H and O–H groups in total. The molecule has 6 heteroatoms. The van der Waals surface area contributed by atoms with Gasteiger partial charge in [-0.05, 0) is 0 Å². The van der Waals surface area contributed by atoms with E-state index >= 15 is 0 Å². The first-order valence-corrected chi connectivity index (χ1v) is 3.67. The summed E-state index contributed by atoms with van der Waals surface area (Å²) in [6, 6.07) is 0. The second-order valence-corrected chi connectivity index (χ2v) is 3.34. The van der Waals surface area contributed by atoms with Crippen molar-refractivity contribution in [2.24, 2.45) is 0 Å². The van der Waals surface area contributed by atoms with Crippen LogP contribution in [0.15, 0.2) is 0 Å². The van der Waals surface area contributed by atoms with Crippen molar-refractivity contribution >= 4 is 9.05 Å². The van der Waals surface area contributed by atoms with Gasteiger partial charge in [-0.25, -0.2) is 0 Å². The maximum atomic E-state index is 10.7. The average Bonchev–Trinajstić information content (AvgIpc) is 1.87. The van der Waals surface area contributed by atoms with Gasteiger partial charge in [-0.3, -0.25) is 0 Å². The van der Waals surface area contributed by atoms with E-state index in [-0.39, 0.29) is 51.4 Å². The van der Waals surface area contributed by atoms with Crippen LogP contribution in [0.5, 0.6) is 0 Å². The summed E-state index contributed by atoms with van der Waals surface area (Å²) in [4.78, 5) is 10.7. The van der Waals surface area contributed by atoms with E-state index in [0.717, 1.165) is 0 Å². The molecule has 0 heterocycles. The largest absolute Gasteiger partial charge is 1.00 e. The van der Waals surface area contributed by atoms with Gasteiger partial charge in [-0.2, -0.15) is 0 Å². The summed E-state index contributed by atoms with van der Waals surface area (Å²) in [6.07, 6.45) is 0. The van der Waals surface area contributed by atoms with E-state index in [9.17, 15) is 4.80 Å². The van der Waals surface area contributed by atoms with Crippen LogP contribution < -0.4 is 56.2 Å². The Kier molecular flexibility index (Phi) is 9.46. The molecule has 0 aromatic carbocycles. The fraction of sp³-hybridized carbons (Fsp3) is 1.00. The molecule has 0 aliphatic carbocycles. The Balaban J connectivity index is 0. The van der Waals surface area contributed by atoms with Gasteiger partial charge in [0.25, 0.3) is 0 Å². The van der Waals surface area contributed by atoms with Crippen LogP contribution in [0, 0.1) is 0 Å². The maximum Gasteiger partial charge on any atom is 1.00 e. The summed E-state index contributed by atoms with van der Waals surface area (Å²) < 4.78 is 13.1. The molecule has 0 unspecified atom stereocenters. The molecule has 0 aromatic heterocycles. The zero-order chi connectivity index (χ0) is 6.62. The van der Waals surface area contributed by atoms with Gasteiger partial charge < -0.3 is 18.1 Å². The van der Waals surface area contributed by atoms with E-state index in [4.69, 9.17) is 0 Å². The Morgan fingerprint density at radius 1 is 1.00 bits per heavy atom. The Bertz CT molecular complexity index is 58.6. The first-order valence-electron chi connectivity index (χ1n) is 2.04. The van der Waals surface area contributed by atoms with Gasteiger partial charge in [-0.15, -0.1) is 0 Å². The summed E-state index contributed by atoms with van der Waals surface area (Å²) in [7, 11) is 0.389. The summed E-state index contributed by atoms with van der Waals surface area (Å²) in [5.41, 5.74) is 0. The Morgan fingerprint density at radius 2 is 1.22 bits per heavy atom. The predicted molar refractivity (Wildman–Crippen MR) is 26.8 cm³/mol. The van der Waals surface area contributed by atoms with Gasteiger partial charge in [-0.1, -0.05) is 0 Å². The van der Waals surface area contributed by atoms with E-state index in [1.54, 1.807) is 0 Å². The monoisotopic (exact) mass is 176 g/mol. The van der Waals surface area contributed by atoms with Crippen LogP contribution in [0.3, 0.4) is 0 Å². The van der Waals surface area contributed by atoms with E-state index in [2.05, 4.69) is 13.3 Å². The molecule has 50 valence electrons. The molecular formula is C3H9KO4Si. The smallest absolute Gasteiger partial charge is 0.793 e. The third-order valence-corrected chi connectivity index (χ3v) is 2.25. The normalized spacial score (nSPS) is 10.7. The second kappa shape index (κ2) is 6.41. The first kappa shape index (κ1) is 13.3. The molecular weight excluding hydrogens is 167 g/mol. The Labute approximate surface area is 98.4 Å². The van der Waals surface area contributed by atoms with E-state index in [1.165, 1.54) is 21.3 Å². The van der Waals surface area contributed by atoms with E-state index in [1.807, 2.05) is 0 Å². The average molecular weight is 176 g/mol. The fourth-order valence-electron chi connectivity index (χ4n) is 0.250. The molecule has 0 radical (unpaired) electrons. The number of rotatable bonds is 3. The Morgan fingerprint density at radius 3 is 1.22 bits per heavy atom. The van der Waals surface area contributed by atoms with Crippen molar-refractivity contribution in [2.75, 3.05) is 21.3 Å². The topological polar surface area (TPSA) is 50.8 Å². The molecule has 0 aromatic rings. The third kappa shape index (κ3) is 5.02. The molecule has 0 spiro atoms. The summed E-state index contributed by atoms with van der Waals surface area (Å²) in [6.45, 7) is 0. The SMILES string of the molecule is CO[Si]([O-])(OC)OC.[K+].